The van der Waals surface area contributed by atoms with Crippen LogP contribution in [-0.4, -0.2) is 76.6 Å². The first kappa shape index (κ1) is 37.5. The first-order chi connectivity index (χ1) is 24.9. The van der Waals surface area contributed by atoms with Crippen molar-refractivity contribution in [2.45, 2.75) is 44.6 Å². The van der Waals surface area contributed by atoms with Crippen LogP contribution in [0.1, 0.15) is 42.1 Å². The third-order valence-electron chi connectivity index (χ3n) is 9.02. The summed E-state index contributed by atoms with van der Waals surface area (Å²) in [5.41, 5.74) is 0.979. The average molecular weight is 714 g/mol. The minimum Gasteiger partial charge on any atom is -0.385 e. The fourth-order valence-electron chi connectivity index (χ4n) is 6.27. The molecule has 1 atom stereocenters. The molecule has 1 aliphatic rings. The molecule has 52 heavy (non-hydrogen) atoms. The Bertz CT molecular complexity index is 1960. The molecule has 14 heteroatoms. The first-order valence-electron chi connectivity index (χ1n) is 16.8. The smallest absolute Gasteiger partial charge is 0.385 e. The van der Waals surface area contributed by atoms with Crippen LogP contribution in [0.25, 0.3) is 11.4 Å². The second-order valence-corrected chi connectivity index (χ2v) is 12.6. The molecule has 2 heterocycles. The monoisotopic (exact) mass is 713 g/mol. The molecule has 0 saturated carbocycles. The van der Waals surface area contributed by atoms with E-state index in [0.29, 0.717) is 24.3 Å². The van der Waals surface area contributed by atoms with Gasteiger partial charge in [-0.3, -0.25) is 14.5 Å². The number of quaternary nitrogens is 1. The van der Waals surface area contributed by atoms with Crippen LogP contribution in [0.15, 0.2) is 96.7 Å². The normalized spacial score (nSPS) is 14.7. The Hall–Kier alpha value is -5.78. The van der Waals surface area contributed by atoms with E-state index in [0.717, 1.165) is 36.8 Å². The van der Waals surface area contributed by atoms with Gasteiger partial charge in [0.1, 0.15) is 11.7 Å². The zero-order valence-electron chi connectivity index (χ0n) is 29.0. The number of likely N-dealkylation sites (tertiary alicyclic amines) is 1. The van der Waals surface area contributed by atoms with Crippen molar-refractivity contribution in [2.24, 2.45) is 0 Å². The third-order valence-corrected chi connectivity index (χ3v) is 9.02. The van der Waals surface area contributed by atoms with Crippen LogP contribution >= 0.6 is 0 Å². The molecule has 1 aliphatic heterocycles. The number of nitrogens with zero attached hydrogens (tertiary/aromatic N) is 5. The van der Waals surface area contributed by atoms with Gasteiger partial charge >= 0.3 is 12.1 Å². The van der Waals surface area contributed by atoms with Crippen LogP contribution in [0.3, 0.4) is 0 Å². The number of aromatic nitrogens is 2. The minimum atomic E-state index is -4.64. The number of halogens is 3. The van der Waals surface area contributed by atoms with Gasteiger partial charge in [-0.15, -0.1) is 0 Å². The summed E-state index contributed by atoms with van der Waals surface area (Å²) in [7, 11) is 3.55. The van der Waals surface area contributed by atoms with E-state index in [9.17, 15) is 32.8 Å². The summed E-state index contributed by atoms with van der Waals surface area (Å²) in [5.74, 6) is -2.11. The summed E-state index contributed by atoms with van der Waals surface area (Å²) in [4.78, 5) is 45.6. The highest BCUT2D eigenvalue weighted by Crippen LogP contribution is 2.30. The van der Waals surface area contributed by atoms with Gasteiger partial charge in [-0.25, -0.2) is 14.8 Å². The Morgan fingerprint density at radius 1 is 1.02 bits per heavy atom. The Morgan fingerprint density at radius 3 is 2.35 bits per heavy atom. The summed E-state index contributed by atoms with van der Waals surface area (Å²) < 4.78 is 41.9. The Kier molecular flexibility index (Phi) is 11.9. The number of amides is 3. The lowest BCUT2D eigenvalue weighted by Crippen LogP contribution is -2.83. The molecule has 0 aliphatic carbocycles. The lowest BCUT2D eigenvalue weighted by molar-refractivity contribution is -0.479. The van der Waals surface area contributed by atoms with E-state index in [1.807, 2.05) is 24.3 Å². The van der Waals surface area contributed by atoms with Crippen LogP contribution in [0.5, 0.6) is 0 Å². The summed E-state index contributed by atoms with van der Waals surface area (Å²) in [6.45, 7) is 3.29. The quantitative estimate of drug-likeness (QED) is 0.0932. The average Bonchev–Trinajstić information content (AvgIpc) is 3.63. The zero-order valence-corrected chi connectivity index (χ0v) is 29.0. The van der Waals surface area contributed by atoms with Crippen LogP contribution in [0, 0.1) is 11.3 Å². The van der Waals surface area contributed by atoms with Gasteiger partial charge in [-0.1, -0.05) is 36.4 Å². The topological polar surface area (TPSA) is 140 Å². The highest BCUT2D eigenvalue weighted by atomic mass is 19.4. The molecule has 4 N–H and O–H groups in total. The molecule has 1 fully saturated rings. The summed E-state index contributed by atoms with van der Waals surface area (Å²) >= 11 is 0. The van der Waals surface area contributed by atoms with Crippen molar-refractivity contribution in [3.8, 4) is 11.8 Å². The van der Waals surface area contributed by atoms with E-state index >= 15 is 0 Å². The molecular weight excluding hydrogens is 673 g/mol. The number of alkyl halides is 3. The van der Waals surface area contributed by atoms with Gasteiger partial charge in [-0.2, -0.15) is 23.5 Å². The second-order valence-electron chi connectivity index (χ2n) is 12.6. The minimum absolute atomic E-state index is 0.0227. The van der Waals surface area contributed by atoms with Crippen molar-refractivity contribution in [3.05, 3.63) is 119 Å². The first-order valence-corrected chi connectivity index (χ1v) is 16.8. The van der Waals surface area contributed by atoms with Crippen LogP contribution in [0.2, 0.25) is 0 Å². The molecule has 0 unspecified atom stereocenters. The SMILES string of the molecule is CN/C(=C(/C(=O)N[C@@H](C)C(=O)N1CCC(N(C)Cc2ccccc2)CC1)C(=O)[NH2+]c1cccc(C(F)(F)F)c1)c1ccnn1-c1ccc(C#N)cc1. The highest BCUT2D eigenvalue weighted by molar-refractivity contribution is 6.21. The molecular formula is C38H40F3N8O3+. The maximum absolute atomic E-state index is 14.1. The van der Waals surface area contributed by atoms with E-state index in [-0.39, 0.29) is 29.0 Å². The number of piperidine rings is 1. The molecule has 0 bridgehead atoms. The number of nitriles is 1. The third kappa shape index (κ3) is 8.92. The molecule has 4 aromatic rings. The summed E-state index contributed by atoms with van der Waals surface area (Å²) in [6, 6.07) is 23.6. The summed E-state index contributed by atoms with van der Waals surface area (Å²) in [5, 5.41) is 20.1. The molecule has 1 saturated heterocycles. The van der Waals surface area contributed by atoms with Crippen LogP contribution < -0.4 is 16.0 Å². The molecule has 270 valence electrons. The molecule has 11 nitrogen and oxygen atoms in total. The molecule has 3 aromatic carbocycles. The number of carbonyl (C=O) groups is 3. The second kappa shape index (κ2) is 16.5. The van der Waals surface area contributed by atoms with Crippen molar-refractivity contribution in [1.29, 1.82) is 5.26 Å². The number of carbonyl (C=O) groups excluding carboxylic acids is 3. The maximum Gasteiger partial charge on any atom is 0.416 e. The fourth-order valence-corrected chi connectivity index (χ4v) is 6.27. The largest absolute Gasteiger partial charge is 0.416 e. The number of primary amides is 1. The highest BCUT2D eigenvalue weighted by Gasteiger charge is 2.35. The van der Waals surface area contributed by atoms with Gasteiger partial charge in [0, 0.05) is 38.8 Å². The molecule has 5 rings (SSSR count). The van der Waals surface area contributed by atoms with Gasteiger partial charge < -0.3 is 15.5 Å². The van der Waals surface area contributed by atoms with Crippen molar-refractivity contribution >= 4 is 29.1 Å². The fraction of sp³-hybridized carbons (Fsp3) is 0.289. The predicted molar refractivity (Wildman–Crippen MR) is 187 cm³/mol. The van der Waals surface area contributed by atoms with E-state index < -0.39 is 35.2 Å². The van der Waals surface area contributed by atoms with Crippen LogP contribution in [0.4, 0.5) is 18.9 Å². The number of rotatable bonds is 11. The number of hydrogen-bond donors (Lipinski definition) is 3. The Morgan fingerprint density at radius 2 is 1.71 bits per heavy atom. The maximum atomic E-state index is 14.1. The van der Waals surface area contributed by atoms with Gasteiger partial charge in [0.05, 0.1) is 40.5 Å². The van der Waals surface area contributed by atoms with Crippen molar-refractivity contribution in [2.75, 3.05) is 27.2 Å². The van der Waals surface area contributed by atoms with Crippen molar-refractivity contribution in [3.63, 3.8) is 0 Å². The predicted octanol–water partition coefficient (Wildman–Crippen LogP) is 3.74. The molecule has 0 radical (unpaired) electrons. The molecule has 0 spiro atoms. The van der Waals surface area contributed by atoms with Crippen molar-refractivity contribution in [1.82, 2.24) is 30.2 Å². The Balaban J connectivity index is 1.39. The number of benzene rings is 3. The standard InChI is InChI=1S/C38H39F3N8O3/c1-25(37(52)48-20-17-30(18-21-48)47(3)24-27-8-5-4-6-9-27)45-35(50)33(36(51)46-29-11-7-10-28(22-29)38(39,40)41)34(43-2)32-16-19-44-49(32)31-14-12-26(23-42)13-15-31/h4-16,19,22,25,30,43H,17-18,20-21,24H2,1-3H3,(H,45,50)(H,46,51)/p+1/b34-33-/t25-/m0/s1. The van der Waals surface area contributed by atoms with Gasteiger partial charge in [-0.05, 0) is 74.8 Å². The van der Waals surface area contributed by atoms with Gasteiger partial charge in [0.2, 0.25) is 5.91 Å². The molecule has 3 amide bonds. The van der Waals surface area contributed by atoms with E-state index in [1.54, 1.807) is 35.2 Å². The van der Waals surface area contributed by atoms with Crippen molar-refractivity contribution < 1.29 is 32.9 Å². The van der Waals surface area contributed by atoms with Gasteiger partial charge in [0.25, 0.3) is 5.91 Å². The summed E-state index contributed by atoms with van der Waals surface area (Å²) in [6.07, 6.45) is -1.70. The lowest BCUT2D eigenvalue weighted by Gasteiger charge is -2.37. The lowest BCUT2D eigenvalue weighted by atomic mass is 10.0. The van der Waals surface area contributed by atoms with E-state index in [2.05, 4.69) is 39.8 Å². The van der Waals surface area contributed by atoms with E-state index in [4.69, 9.17) is 0 Å². The number of nitrogens with one attached hydrogen (secondary N) is 2. The Labute approximate surface area is 299 Å². The number of hydrogen-bond acceptors (Lipinski definition) is 7. The van der Waals surface area contributed by atoms with Gasteiger partial charge in [0.15, 0.2) is 5.57 Å². The van der Waals surface area contributed by atoms with E-state index in [1.165, 1.54) is 42.5 Å². The zero-order chi connectivity index (χ0) is 37.4. The number of nitrogens with two attached hydrogens (primary N) is 1. The molecule has 1 aromatic heterocycles. The van der Waals surface area contributed by atoms with Crippen LogP contribution in [-0.2, 0) is 27.1 Å².